The average molecular weight is 367 g/mol. The summed E-state index contributed by atoms with van der Waals surface area (Å²) in [6, 6.07) is 12.1. The Hall–Kier alpha value is -3.55. The molecule has 1 unspecified atom stereocenters. The summed E-state index contributed by atoms with van der Waals surface area (Å²) in [4.78, 5) is 28.4. The molecule has 2 heterocycles. The van der Waals surface area contributed by atoms with Gasteiger partial charge in [0.2, 0.25) is 0 Å². The molecule has 3 aromatic rings. The quantitative estimate of drug-likeness (QED) is 0.555. The first kappa shape index (κ1) is 18.2. The van der Waals surface area contributed by atoms with Crippen LogP contribution in [-0.2, 0) is 7.05 Å². The summed E-state index contributed by atoms with van der Waals surface area (Å²) in [7, 11) is 1.88. The van der Waals surface area contributed by atoms with Crippen LogP contribution in [0.4, 0.5) is 4.79 Å². The molecule has 8 nitrogen and oxygen atoms in total. The summed E-state index contributed by atoms with van der Waals surface area (Å²) in [5.74, 6) is 0.637. The zero-order chi connectivity index (χ0) is 19.1. The fourth-order valence-corrected chi connectivity index (χ4v) is 2.63. The highest BCUT2D eigenvalue weighted by Gasteiger charge is 2.20. The predicted molar refractivity (Wildman–Crippen MR) is 99.1 cm³/mol. The lowest BCUT2D eigenvalue weighted by molar-refractivity contribution is 0.0926. The van der Waals surface area contributed by atoms with Crippen molar-refractivity contribution in [2.24, 2.45) is 7.05 Å². The number of rotatable bonds is 7. The van der Waals surface area contributed by atoms with Crippen molar-refractivity contribution < 1.29 is 14.0 Å². The van der Waals surface area contributed by atoms with Crippen LogP contribution in [0, 0.1) is 0 Å². The zero-order valence-electron chi connectivity index (χ0n) is 14.9. The third kappa shape index (κ3) is 4.75. The molecule has 0 aliphatic carbocycles. The third-order valence-electron chi connectivity index (χ3n) is 3.97. The van der Waals surface area contributed by atoms with E-state index in [4.69, 9.17) is 4.42 Å². The number of carbonyl (C=O) groups excluding carboxylic acids is 2. The van der Waals surface area contributed by atoms with Gasteiger partial charge in [-0.15, -0.1) is 0 Å². The van der Waals surface area contributed by atoms with Crippen molar-refractivity contribution in [3.05, 3.63) is 78.3 Å². The molecule has 0 radical (unpaired) electrons. The molecule has 27 heavy (non-hydrogen) atoms. The highest BCUT2D eigenvalue weighted by molar-refractivity contribution is 5.91. The number of furan rings is 1. The SMILES string of the molecule is Cn1ccnc1C(NC(=O)NCCNC(=O)c1ccco1)c1ccccc1. The van der Waals surface area contributed by atoms with E-state index in [1.165, 1.54) is 6.26 Å². The minimum atomic E-state index is -0.385. The molecule has 1 atom stereocenters. The smallest absolute Gasteiger partial charge is 0.315 e. The highest BCUT2D eigenvalue weighted by atomic mass is 16.3. The van der Waals surface area contributed by atoms with Crippen LogP contribution >= 0.6 is 0 Å². The Morgan fingerprint density at radius 3 is 2.56 bits per heavy atom. The number of nitrogens with one attached hydrogen (secondary N) is 3. The number of hydrogen-bond donors (Lipinski definition) is 3. The van der Waals surface area contributed by atoms with E-state index in [1.54, 1.807) is 18.3 Å². The van der Waals surface area contributed by atoms with Gasteiger partial charge in [0.15, 0.2) is 5.76 Å². The van der Waals surface area contributed by atoms with E-state index in [9.17, 15) is 9.59 Å². The van der Waals surface area contributed by atoms with E-state index in [0.29, 0.717) is 0 Å². The molecule has 0 aliphatic rings. The lowest BCUT2D eigenvalue weighted by Crippen LogP contribution is -2.42. The number of nitrogens with zero attached hydrogens (tertiary/aromatic N) is 2. The molecular weight excluding hydrogens is 346 g/mol. The fourth-order valence-electron chi connectivity index (χ4n) is 2.63. The van der Waals surface area contributed by atoms with Crippen molar-refractivity contribution >= 4 is 11.9 Å². The number of aryl methyl sites for hydroxylation is 1. The minimum Gasteiger partial charge on any atom is -0.459 e. The molecular formula is C19H21N5O3. The van der Waals surface area contributed by atoms with Gasteiger partial charge in [-0.25, -0.2) is 9.78 Å². The molecule has 0 bridgehead atoms. The Labute approximate surface area is 156 Å². The molecule has 0 aliphatic heterocycles. The molecule has 8 heteroatoms. The summed E-state index contributed by atoms with van der Waals surface area (Å²) in [5.41, 5.74) is 0.924. The number of carbonyl (C=O) groups is 2. The summed E-state index contributed by atoms with van der Waals surface area (Å²) in [6.45, 7) is 0.561. The second-order valence-corrected chi connectivity index (χ2v) is 5.87. The van der Waals surface area contributed by atoms with Crippen LogP contribution in [-0.4, -0.2) is 34.6 Å². The van der Waals surface area contributed by atoms with Crippen LogP contribution in [0.2, 0.25) is 0 Å². The van der Waals surface area contributed by atoms with Gasteiger partial charge in [0.25, 0.3) is 5.91 Å². The van der Waals surface area contributed by atoms with Gasteiger partial charge >= 0.3 is 6.03 Å². The summed E-state index contributed by atoms with van der Waals surface area (Å²) in [6.07, 6.45) is 4.95. The number of aromatic nitrogens is 2. The summed E-state index contributed by atoms with van der Waals surface area (Å²) < 4.78 is 6.87. The molecule has 0 saturated carbocycles. The molecule has 0 fully saturated rings. The Kier molecular flexibility index (Phi) is 5.88. The van der Waals surface area contributed by atoms with E-state index in [1.807, 2.05) is 48.1 Å². The average Bonchev–Trinajstić information content (AvgIpc) is 3.36. The van der Waals surface area contributed by atoms with Gasteiger partial charge in [-0.05, 0) is 17.7 Å². The van der Waals surface area contributed by atoms with Crippen molar-refractivity contribution in [3.63, 3.8) is 0 Å². The lowest BCUT2D eigenvalue weighted by Gasteiger charge is -2.19. The van der Waals surface area contributed by atoms with Crippen LogP contribution in [0.15, 0.2) is 65.5 Å². The van der Waals surface area contributed by atoms with Crippen LogP contribution in [0.5, 0.6) is 0 Å². The monoisotopic (exact) mass is 367 g/mol. The highest BCUT2D eigenvalue weighted by Crippen LogP contribution is 2.19. The van der Waals surface area contributed by atoms with E-state index >= 15 is 0 Å². The minimum absolute atomic E-state index is 0.235. The maximum Gasteiger partial charge on any atom is 0.315 e. The maximum absolute atomic E-state index is 12.3. The molecule has 0 spiro atoms. The number of imidazole rings is 1. The van der Waals surface area contributed by atoms with Crippen molar-refractivity contribution in [3.8, 4) is 0 Å². The van der Waals surface area contributed by atoms with Crippen LogP contribution in [0.1, 0.15) is 28.0 Å². The van der Waals surface area contributed by atoms with Gasteiger partial charge in [-0.2, -0.15) is 0 Å². The second kappa shape index (κ2) is 8.70. The Morgan fingerprint density at radius 2 is 1.89 bits per heavy atom. The Bertz CT molecular complexity index is 874. The van der Waals surface area contributed by atoms with E-state index in [-0.39, 0.29) is 36.8 Å². The summed E-state index contributed by atoms with van der Waals surface area (Å²) >= 11 is 0. The van der Waals surface area contributed by atoms with E-state index < -0.39 is 0 Å². The first-order chi connectivity index (χ1) is 13.1. The number of hydrogen-bond acceptors (Lipinski definition) is 4. The van der Waals surface area contributed by atoms with Gasteiger partial charge in [0.05, 0.1) is 6.26 Å². The molecule has 0 saturated heterocycles. The molecule has 1 aromatic carbocycles. The van der Waals surface area contributed by atoms with Crippen molar-refractivity contribution in [1.29, 1.82) is 0 Å². The third-order valence-corrected chi connectivity index (χ3v) is 3.97. The lowest BCUT2D eigenvalue weighted by atomic mass is 10.1. The van der Waals surface area contributed by atoms with E-state index in [2.05, 4.69) is 20.9 Å². The topological polar surface area (TPSA) is 101 Å². The first-order valence-electron chi connectivity index (χ1n) is 8.53. The predicted octanol–water partition coefficient (Wildman–Crippen LogP) is 1.83. The number of urea groups is 1. The van der Waals surface area contributed by atoms with E-state index in [0.717, 1.165) is 11.4 Å². The van der Waals surface area contributed by atoms with Gasteiger partial charge in [0.1, 0.15) is 11.9 Å². The van der Waals surface area contributed by atoms with Crippen molar-refractivity contribution in [2.45, 2.75) is 6.04 Å². The fraction of sp³-hybridized carbons (Fsp3) is 0.211. The second-order valence-electron chi connectivity index (χ2n) is 5.87. The normalized spacial score (nSPS) is 11.6. The van der Waals surface area contributed by atoms with Gasteiger partial charge in [-0.3, -0.25) is 4.79 Å². The molecule has 3 rings (SSSR count). The Morgan fingerprint density at radius 1 is 1.11 bits per heavy atom. The summed E-state index contributed by atoms with van der Waals surface area (Å²) in [5, 5.41) is 8.33. The maximum atomic E-state index is 12.3. The molecule has 2 aromatic heterocycles. The van der Waals surface area contributed by atoms with Crippen molar-refractivity contribution in [2.75, 3.05) is 13.1 Å². The Balaban J connectivity index is 1.54. The molecule has 3 amide bonds. The first-order valence-corrected chi connectivity index (χ1v) is 8.53. The van der Waals surface area contributed by atoms with Crippen molar-refractivity contribution in [1.82, 2.24) is 25.5 Å². The van der Waals surface area contributed by atoms with Crippen LogP contribution in [0.25, 0.3) is 0 Å². The van der Waals surface area contributed by atoms with Crippen LogP contribution < -0.4 is 16.0 Å². The standard InChI is InChI=1S/C19H21N5O3/c1-24-12-11-20-17(24)16(14-6-3-2-4-7-14)23-19(26)22-10-9-21-18(25)15-8-5-13-27-15/h2-8,11-13,16H,9-10H2,1H3,(H,21,25)(H2,22,23,26). The zero-order valence-corrected chi connectivity index (χ0v) is 14.9. The number of amides is 3. The number of benzene rings is 1. The molecule has 140 valence electrons. The van der Waals surface area contributed by atoms with Gasteiger partial charge < -0.3 is 24.9 Å². The van der Waals surface area contributed by atoms with Gasteiger partial charge in [0, 0.05) is 32.5 Å². The largest absolute Gasteiger partial charge is 0.459 e. The van der Waals surface area contributed by atoms with Gasteiger partial charge in [-0.1, -0.05) is 30.3 Å². The molecule has 3 N–H and O–H groups in total. The van der Waals surface area contributed by atoms with Crippen LogP contribution in [0.3, 0.4) is 0 Å².